The molecule has 0 atom stereocenters. The zero-order valence-corrected chi connectivity index (χ0v) is 14.0. The highest BCUT2D eigenvalue weighted by Crippen LogP contribution is 2.08. The van der Waals surface area contributed by atoms with Crippen LogP contribution in [0, 0.1) is 23.2 Å². The van der Waals surface area contributed by atoms with Gasteiger partial charge in [-0.05, 0) is 12.8 Å². The van der Waals surface area contributed by atoms with E-state index in [1.54, 1.807) is 0 Å². The Balaban J connectivity index is 3.24. The van der Waals surface area contributed by atoms with E-state index in [1.807, 2.05) is 0 Å². The zero-order chi connectivity index (χ0) is 14.0. The van der Waals surface area contributed by atoms with E-state index in [-0.39, 0.29) is 0 Å². The second-order valence-electron chi connectivity index (χ2n) is 5.06. The summed E-state index contributed by atoms with van der Waals surface area (Å²) in [6.07, 6.45) is 15.5. The van der Waals surface area contributed by atoms with E-state index in [2.05, 4.69) is 37.0 Å². The normalized spacial score (nSPS) is 9.37. The van der Waals surface area contributed by atoms with Gasteiger partial charge in [0.1, 0.15) is 0 Å². The van der Waals surface area contributed by atoms with Gasteiger partial charge in [-0.2, -0.15) is 0 Å². The molecule has 0 rings (SSSR count). The lowest BCUT2D eigenvalue weighted by Crippen LogP contribution is -1.75. The Morgan fingerprint density at radius 1 is 0.579 bits per heavy atom. The van der Waals surface area contributed by atoms with Crippen LogP contribution < -0.4 is 0 Å². The van der Waals surface area contributed by atoms with Crippen LogP contribution in [-0.4, -0.2) is 0 Å². The first-order valence-corrected chi connectivity index (χ1v) is 9.12. The summed E-state index contributed by atoms with van der Waals surface area (Å²) in [5.74, 6) is 6.48. The molecule has 0 heterocycles. The molecule has 0 spiro atoms. The molecule has 0 aliphatic rings. The fourth-order valence-electron chi connectivity index (χ4n) is 1.88. The van der Waals surface area contributed by atoms with Gasteiger partial charge in [-0.3, -0.25) is 0 Å². The van der Waals surface area contributed by atoms with Gasteiger partial charge in [0, 0.05) is 21.4 Å². The van der Waals surface area contributed by atoms with Crippen LogP contribution in [0.25, 0.3) is 0 Å². The molecule has 0 N–H and O–H groups in total. The average molecular weight is 278 g/mol. The second kappa shape index (κ2) is 17.6. The average Bonchev–Trinajstić information content (AvgIpc) is 2.43. The molecule has 0 aliphatic carbocycles. The van der Waals surface area contributed by atoms with E-state index in [9.17, 15) is 0 Å². The first kappa shape index (κ1) is 18.6. The minimum Gasteiger partial charge on any atom is -0.0979 e. The summed E-state index contributed by atoms with van der Waals surface area (Å²) >= 11 is 0. The maximum absolute atomic E-state index is 3.24. The van der Waals surface area contributed by atoms with Crippen molar-refractivity contribution in [2.75, 3.05) is 0 Å². The molecule has 0 aliphatic heterocycles. The highest BCUT2D eigenvalue weighted by Gasteiger charge is 1.86. The summed E-state index contributed by atoms with van der Waals surface area (Å²) in [7, 11) is 0.534. The summed E-state index contributed by atoms with van der Waals surface area (Å²) in [4.78, 5) is 0. The summed E-state index contributed by atoms with van der Waals surface area (Å²) in [5.41, 5.74) is 6.38. The van der Waals surface area contributed by atoms with Crippen molar-refractivity contribution in [2.24, 2.45) is 0 Å². The van der Waals surface area contributed by atoms with Crippen molar-refractivity contribution in [2.45, 2.75) is 90.9 Å². The van der Waals surface area contributed by atoms with E-state index in [0.29, 0.717) is 8.58 Å². The van der Waals surface area contributed by atoms with Crippen LogP contribution in [0.5, 0.6) is 0 Å². The third-order valence-corrected chi connectivity index (χ3v) is 3.72. The number of rotatable bonds is 10. The minimum atomic E-state index is 0.534. The molecule has 1 heteroatoms. The molecule has 0 radical (unpaired) electrons. The Morgan fingerprint density at radius 3 is 1.42 bits per heavy atom. The van der Waals surface area contributed by atoms with Crippen LogP contribution in [0.1, 0.15) is 90.9 Å². The molecular formula is C18H31P. The van der Waals surface area contributed by atoms with E-state index in [4.69, 9.17) is 0 Å². The zero-order valence-electron chi connectivity index (χ0n) is 13.0. The fourth-order valence-corrected chi connectivity index (χ4v) is 2.37. The quantitative estimate of drug-likeness (QED) is 0.249. The highest BCUT2D eigenvalue weighted by atomic mass is 31.1. The number of hydrogen-bond acceptors (Lipinski definition) is 0. The largest absolute Gasteiger partial charge is 0.0979 e. The van der Waals surface area contributed by atoms with E-state index in [1.165, 1.54) is 64.2 Å². The second-order valence-corrected chi connectivity index (χ2v) is 5.81. The summed E-state index contributed by atoms with van der Waals surface area (Å²) in [5, 5.41) is 0. The molecule has 0 saturated heterocycles. The van der Waals surface area contributed by atoms with Gasteiger partial charge in [0.2, 0.25) is 0 Å². The molecule has 19 heavy (non-hydrogen) atoms. The van der Waals surface area contributed by atoms with Crippen LogP contribution in [0.2, 0.25) is 0 Å². The fraction of sp³-hybridized carbons (Fsp3) is 0.778. The van der Waals surface area contributed by atoms with E-state index >= 15 is 0 Å². The maximum Gasteiger partial charge on any atom is 0.0358 e. The molecule has 0 unspecified atom stereocenters. The summed E-state index contributed by atoms with van der Waals surface area (Å²) in [6, 6.07) is 0. The van der Waals surface area contributed by atoms with Gasteiger partial charge in [-0.1, -0.05) is 88.4 Å². The molecule has 0 aromatic carbocycles. The first-order chi connectivity index (χ1) is 9.41. The maximum atomic E-state index is 3.24. The topological polar surface area (TPSA) is 0 Å². The van der Waals surface area contributed by atoms with E-state index < -0.39 is 0 Å². The van der Waals surface area contributed by atoms with Gasteiger partial charge in [-0.15, -0.1) is 0 Å². The van der Waals surface area contributed by atoms with Gasteiger partial charge < -0.3 is 0 Å². The van der Waals surface area contributed by atoms with Crippen molar-refractivity contribution in [3.05, 3.63) is 0 Å². The van der Waals surface area contributed by atoms with Crippen molar-refractivity contribution in [1.82, 2.24) is 0 Å². The van der Waals surface area contributed by atoms with Crippen LogP contribution in [0.3, 0.4) is 0 Å². The van der Waals surface area contributed by atoms with Gasteiger partial charge in [0.25, 0.3) is 0 Å². The Bertz CT molecular complexity index is 254. The van der Waals surface area contributed by atoms with Gasteiger partial charge in [0.05, 0.1) is 0 Å². The molecule has 0 bridgehead atoms. The minimum absolute atomic E-state index is 0.534. The third-order valence-electron chi connectivity index (χ3n) is 3.11. The molecule has 0 aromatic heterocycles. The predicted octanol–water partition coefficient (Wildman–Crippen LogP) is 6.31. The first-order valence-electron chi connectivity index (χ1n) is 8.12. The highest BCUT2D eigenvalue weighted by molar-refractivity contribution is 7.49. The van der Waals surface area contributed by atoms with Crippen LogP contribution in [0.4, 0.5) is 0 Å². The number of unbranched alkanes of at least 4 members (excludes halogenated alkanes) is 10. The van der Waals surface area contributed by atoms with Crippen LogP contribution >= 0.6 is 8.58 Å². The standard InChI is InChI=1S/C18H31P/c1-3-5-7-9-11-13-15-17-19-18-16-14-12-10-8-6-4-2/h19H,3-14H2,1-2H3. The summed E-state index contributed by atoms with van der Waals surface area (Å²) in [6.45, 7) is 4.51. The lowest BCUT2D eigenvalue weighted by atomic mass is 10.1. The SMILES string of the molecule is CCCCCCCC#CPC#CCCCCCCC. The van der Waals surface area contributed by atoms with E-state index in [0.717, 1.165) is 12.8 Å². The molecule has 0 aromatic rings. The van der Waals surface area contributed by atoms with Gasteiger partial charge >= 0.3 is 0 Å². The lowest BCUT2D eigenvalue weighted by molar-refractivity contribution is 0.641. The summed E-state index contributed by atoms with van der Waals surface area (Å²) < 4.78 is 0. The van der Waals surface area contributed by atoms with Crippen LogP contribution in [0.15, 0.2) is 0 Å². The Morgan fingerprint density at radius 2 is 1.00 bits per heavy atom. The molecule has 0 amide bonds. The molecule has 108 valence electrons. The van der Waals surface area contributed by atoms with Crippen molar-refractivity contribution in [1.29, 1.82) is 0 Å². The van der Waals surface area contributed by atoms with Gasteiger partial charge in [0.15, 0.2) is 0 Å². The number of hydrogen-bond donors (Lipinski definition) is 0. The van der Waals surface area contributed by atoms with Gasteiger partial charge in [-0.25, -0.2) is 0 Å². The smallest absolute Gasteiger partial charge is 0.0358 e. The Hall–Kier alpha value is -0.450. The lowest BCUT2D eigenvalue weighted by Gasteiger charge is -1.94. The predicted molar refractivity (Wildman–Crippen MR) is 90.6 cm³/mol. The monoisotopic (exact) mass is 278 g/mol. The Labute approximate surface area is 123 Å². The third kappa shape index (κ3) is 17.6. The van der Waals surface area contributed by atoms with Crippen LogP contribution in [-0.2, 0) is 0 Å². The van der Waals surface area contributed by atoms with Crippen molar-refractivity contribution >= 4 is 8.58 Å². The molecular weight excluding hydrogens is 247 g/mol. The Kier molecular flexibility index (Phi) is 17.1. The van der Waals surface area contributed by atoms with Crippen molar-refractivity contribution in [3.8, 4) is 23.2 Å². The molecule has 0 saturated carbocycles. The molecule has 0 fully saturated rings. The molecule has 0 nitrogen and oxygen atoms in total. The van der Waals surface area contributed by atoms with Crippen molar-refractivity contribution in [3.63, 3.8) is 0 Å². The van der Waals surface area contributed by atoms with Crippen molar-refractivity contribution < 1.29 is 0 Å².